The predicted octanol–water partition coefficient (Wildman–Crippen LogP) is 2.16. The number of aryl methyl sites for hydroxylation is 1. The van der Waals surface area contributed by atoms with Crippen molar-refractivity contribution >= 4 is 17.7 Å². The molecule has 2 rings (SSSR count). The summed E-state index contributed by atoms with van der Waals surface area (Å²) >= 11 is 0. The molecule has 6 heteroatoms. The van der Waals surface area contributed by atoms with E-state index in [1.54, 1.807) is 25.7 Å². The van der Waals surface area contributed by atoms with Crippen molar-refractivity contribution in [2.75, 3.05) is 6.54 Å². The zero-order chi connectivity index (χ0) is 16.6. The van der Waals surface area contributed by atoms with Gasteiger partial charge in [-0.3, -0.25) is 14.4 Å². The molecule has 1 aliphatic carbocycles. The number of nitrogens with one attached hydrogen (secondary N) is 1. The van der Waals surface area contributed by atoms with Crippen LogP contribution in [0.4, 0.5) is 0 Å². The van der Waals surface area contributed by atoms with Crippen LogP contribution >= 0.6 is 0 Å². The maximum absolute atomic E-state index is 12.8. The Kier molecular flexibility index (Phi) is 4.39. The van der Waals surface area contributed by atoms with Crippen LogP contribution in [0, 0.1) is 19.8 Å². The fourth-order valence-corrected chi connectivity index (χ4v) is 2.79. The molecule has 1 aromatic rings. The maximum Gasteiger partial charge on any atom is 0.308 e. The van der Waals surface area contributed by atoms with Gasteiger partial charge < -0.3 is 15.0 Å². The predicted molar refractivity (Wildman–Crippen MR) is 81.1 cm³/mol. The zero-order valence-corrected chi connectivity index (χ0v) is 13.4. The van der Waals surface area contributed by atoms with Gasteiger partial charge in [0, 0.05) is 23.8 Å². The van der Waals surface area contributed by atoms with Gasteiger partial charge in [0.1, 0.15) is 5.69 Å². The summed E-state index contributed by atoms with van der Waals surface area (Å²) in [6.07, 6.45) is 1.80. The zero-order valence-electron chi connectivity index (χ0n) is 13.4. The summed E-state index contributed by atoms with van der Waals surface area (Å²) in [6, 6.07) is 0.109. The Hall–Kier alpha value is -2.11. The fourth-order valence-electron chi connectivity index (χ4n) is 2.79. The molecule has 0 bridgehead atoms. The number of carboxylic acids is 1. The highest BCUT2D eigenvalue weighted by Crippen LogP contribution is 2.30. The molecule has 22 heavy (non-hydrogen) atoms. The number of carbonyl (C=O) groups excluding carboxylic acids is 2. The Balaban J connectivity index is 2.30. The van der Waals surface area contributed by atoms with E-state index in [0.717, 1.165) is 12.8 Å². The minimum Gasteiger partial charge on any atom is -0.481 e. The van der Waals surface area contributed by atoms with E-state index in [2.05, 4.69) is 4.98 Å². The largest absolute Gasteiger partial charge is 0.481 e. The van der Waals surface area contributed by atoms with E-state index < -0.39 is 11.9 Å². The first-order valence-electron chi connectivity index (χ1n) is 7.47. The van der Waals surface area contributed by atoms with Crippen LogP contribution in [0.3, 0.4) is 0 Å². The Morgan fingerprint density at radius 1 is 1.32 bits per heavy atom. The second-order valence-corrected chi connectivity index (χ2v) is 6.11. The van der Waals surface area contributed by atoms with Gasteiger partial charge in [0.2, 0.25) is 0 Å². The molecule has 120 valence electrons. The molecule has 1 amide bonds. The van der Waals surface area contributed by atoms with Crippen LogP contribution in [0.25, 0.3) is 0 Å². The summed E-state index contributed by atoms with van der Waals surface area (Å²) in [7, 11) is 0. The minimum absolute atomic E-state index is 0.0813. The lowest BCUT2D eigenvalue weighted by molar-refractivity contribution is -0.141. The molecule has 1 aliphatic rings. The quantitative estimate of drug-likeness (QED) is 0.788. The Bertz CT molecular complexity index is 628. The van der Waals surface area contributed by atoms with Crippen LogP contribution in [0.2, 0.25) is 0 Å². The minimum atomic E-state index is -0.915. The average Bonchev–Trinajstić information content (AvgIpc) is 3.20. The summed E-state index contributed by atoms with van der Waals surface area (Å²) in [6.45, 7) is 6.77. The molecular formula is C16H22N2O4. The Morgan fingerprint density at radius 3 is 2.32 bits per heavy atom. The third kappa shape index (κ3) is 3.05. The second kappa shape index (κ2) is 5.94. The molecule has 1 unspecified atom stereocenters. The van der Waals surface area contributed by atoms with Crippen molar-refractivity contribution in [2.24, 2.45) is 5.92 Å². The van der Waals surface area contributed by atoms with Gasteiger partial charge in [0.15, 0.2) is 5.78 Å². The summed E-state index contributed by atoms with van der Waals surface area (Å²) < 4.78 is 0. The van der Waals surface area contributed by atoms with Crippen molar-refractivity contribution in [3.05, 3.63) is 22.5 Å². The fraction of sp³-hybridized carbons (Fsp3) is 0.562. The molecule has 1 aromatic heterocycles. The van der Waals surface area contributed by atoms with Gasteiger partial charge in [0.05, 0.1) is 5.92 Å². The number of amides is 1. The van der Waals surface area contributed by atoms with Crippen LogP contribution in [0.1, 0.15) is 58.8 Å². The Labute approximate surface area is 129 Å². The first-order chi connectivity index (χ1) is 10.2. The maximum atomic E-state index is 12.8. The molecule has 1 heterocycles. The van der Waals surface area contributed by atoms with Gasteiger partial charge in [0.25, 0.3) is 5.91 Å². The lowest BCUT2D eigenvalue weighted by atomic mass is 10.1. The van der Waals surface area contributed by atoms with E-state index in [4.69, 9.17) is 5.11 Å². The van der Waals surface area contributed by atoms with Crippen molar-refractivity contribution in [2.45, 2.75) is 46.6 Å². The molecule has 0 aromatic carbocycles. The number of ketones is 1. The van der Waals surface area contributed by atoms with Crippen molar-refractivity contribution in [1.29, 1.82) is 0 Å². The van der Waals surface area contributed by atoms with E-state index in [0.29, 0.717) is 22.5 Å². The van der Waals surface area contributed by atoms with Gasteiger partial charge in [-0.05, 0) is 39.2 Å². The summed E-state index contributed by atoms with van der Waals surface area (Å²) in [5.41, 5.74) is 2.26. The molecule has 1 saturated carbocycles. The van der Waals surface area contributed by atoms with Crippen molar-refractivity contribution in [3.63, 3.8) is 0 Å². The highest BCUT2D eigenvalue weighted by molar-refractivity contribution is 6.02. The van der Waals surface area contributed by atoms with Crippen LogP contribution in [-0.4, -0.2) is 45.2 Å². The average molecular weight is 306 g/mol. The molecule has 0 saturated heterocycles. The monoisotopic (exact) mass is 306 g/mol. The van der Waals surface area contributed by atoms with E-state index in [1.807, 2.05) is 0 Å². The van der Waals surface area contributed by atoms with Crippen LogP contribution in [0.15, 0.2) is 0 Å². The molecule has 0 radical (unpaired) electrons. The lowest BCUT2D eigenvalue weighted by Crippen LogP contribution is -2.39. The standard InChI is InChI=1S/C16H22N2O4/c1-8(16(21)22)7-18(12-5-6-12)15(20)14-9(2)13(11(4)19)10(3)17-14/h8,12,17H,5-7H2,1-4H3,(H,21,22). The third-order valence-electron chi connectivity index (χ3n) is 4.14. The highest BCUT2D eigenvalue weighted by atomic mass is 16.4. The number of nitrogens with zero attached hydrogens (tertiary/aromatic N) is 1. The number of H-pyrrole nitrogens is 1. The number of carboxylic acid groups (broad SMARTS) is 1. The van der Waals surface area contributed by atoms with Gasteiger partial charge in [-0.1, -0.05) is 6.92 Å². The van der Waals surface area contributed by atoms with Crippen LogP contribution < -0.4 is 0 Å². The molecule has 0 aliphatic heterocycles. The van der Waals surface area contributed by atoms with E-state index in [-0.39, 0.29) is 24.3 Å². The first-order valence-corrected chi connectivity index (χ1v) is 7.47. The number of hydrogen-bond acceptors (Lipinski definition) is 3. The molecule has 1 fully saturated rings. The van der Waals surface area contributed by atoms with Gasteiger partial charge >= 0.3 is 5.97 Å². The number of Topliss-reactive ketones (excluding diaryl/α,β-unsaturated/α-hetero) is 1. The number of aromatic nitrogens is 1. The van der Waals surface area contributed by atoms with Gasteiger partial charge in [-0.2, -0.15) is 0 Å². The lowest BCUT2D eigenvalue weighted by Gasteiger charge is -2.24. The number of hydrogen-bond donors (Lipinski definition) is 2. The Morgan fingerprint density at radius 2 is 1.91 bits per heavy atom. The van der Waals surface area contributed by atoms with Gasteiger partial charge in [-0.15, -0.1) is 0 Å². The number of rotatable bonds is 6. The number of aromatic amines is 1. The number of carbonyl (C=O) groups is 3. The van der Waals surface area contributed by atoms with Crippen LogP contribution in [0.5, 0.6) is 0 Å². The van der Waals surface area contributed by atoms with Gasteiger partial charge in [-0.25, -0.2) is 0 Å². The van der Waals surface area contributed by atoms with Crippen molar-refractivity contribution in [1.82, 2.24) is 9.88 Å². The van der Waals surface area contributed by atoms with E-state index in [9.17, 15) is 14.4 Å². The van der Waals surface area contributed by atoms with Crippen molar-refractivity contribution in [3.8, 4) is 0 Å². The van der Waals surface area contributed by atoms with E-state index >= 15 is 0 Å². The number of aliphatic carboxylic acids is 1. The molecule has 1 atom stereocenters. The topological polar surface area (TPSA) is 90.5 Å². The van der Waals surface area contributed by atoms with Crippen molar-refractivity contribution < 1.29 is 19.5 Å². The highest BCUT2D eigenvalue weighted by Gasteiger charge is 2.36. The molecule has 0 spiro atoms. The first kappa shape index (κ1) is 16.3. The van der Waals surface area contributed by atoms with E-state index in [1.165, 1.54) is 6.92 Å². The SMILES string of the molecule is CC(=O)c1c(C)[nH]c(C(=O)N(CC(C)C(=O)O)C2CC2)c1C. The molecular weight excluding hydrogens is 284 g/mol. The summed E-state index contributed by atoms with van der Waals surface area (Å²) in [5.74, 6) is -1.83. The molecule has 2 N–H and O–H groups in total. The van der Waals surface area contributed by atoms with Crippen LogP contribution in [-0.2, 0) is 4.79 Å². The third-order valence-corrected chi connectivity index (χ3v) is 4.14. The summed E-state index contributed by atoms with van der Waals surface area (Å²) in [4.78, 5) is 40.2. The normalized spacial score (nSPS) is 15.5. The summed E-state index contributed by atoms with van der Waals surface area (Å²) in [5, 5.41) is 9.07. The smallest absolute Gasteiger partial charge is 0.308 e. The second-order valence-electron chi connectivity index (χ2n) is 6.11. The molecule has 6 nitrogen and oxygen atoms in total.